The zero-order chi connectivity index (χ0) is 11.3. The molecule has 1 rings (SSSR count). The molecule has 1 fully saturated rings. The van der Waals surface area contributed by atoms with Crippen LogP contribution in [0.2, 0.25) is 11.6 Å². The first-order chi connectivity index (χ1) is 7.02. The van der Waals surface area contributed by atoms with Crippen LogP contribution in [0, 0.1) is 5.92 Å². The third-order valence-electron chi connectivity index (χ3n) is 3.51. The van der Waals surface area contributed by atoms with E-state index in [4.69, 9.17) is 0 Å². The second-order valence-electron chi connectivity index (χ2n) is 5.38. The van der Waals surface area contributed by atoms with Gasteiger partial charge in [0.05, 0.1) is 0 Å². The van der Waals surface area contributed by atoms with Crippen LogP contribution in [0.1, 0.15) is 58.8 Å². The van der Waals surface area contributed by atoms with Gasteiger partial charge in [-0.25, -0.2) is 0 Å². The smallest absolute Gasteiger partial charge is 0.270 e. The summed E-state index contributed by atoms with van der Waals surface area (Å²) in [6.07, 6.45) is 6.74. The van der Waals surface area contributed by atoms with Crippen LogP contribution >= 0.6 is 0 Å². The molecule has 0 aromatic heterocycles. The van der Waals surface area contributed by atoms with Crippen LogP contribution in [0.4, 0.5) is 8.22 Å². The van der Waals surface area contributed by atoms with Crippen molar-refractivity contribution in [2.45, 2.75) is 70.4 Å². The Kier molecular flexibility index (Phi) is 5.23. The van der Waals surface area contributed by atoms with Gasteiger partial charge < -0.3 is 0 Å². The molecule has 0 nitrogen and oxygen atoms in total. The van der Waals surface area contributed by atoms with E-state index < -0.39 is 8.74 Å². The highest BCUT2D eigenvalue weighted by Gasteiger charge is 2.43. The van der Waals surface area contributed by atoms with E-state index in [0.717, 1.165) is 32.1 Å². The summed E-state index contributed by atoms with van der Waals surface area (Å²) in [5, 5.41) is 0. The van der Waals surface area contributed by atoms with E-state index in [-0.39, 0.29) is 11.6 Å². The molecule has 0 aromatic rings. The molecule has 15 heavy (non-hydrogen) atoms. The lowest BCUT2D eigenvalue weighted by atomic mass is 10.2. The van der Waals surface area contributed by atoms with Gasteiger partial charge in [0.25, 0.3) is 0 Å². The lowest BCUT2D eigenvalue weighted by molar-refractivity contribution is 0.484. The lowest BCUT2D eigenvalue weighted by Crippen LogP contribution is -2.30. The summed E-state index contributed by atoms with van der Waals surface area (Å²) in [7, 11) is -3.90. The van der Waals surface area contributed by atoms with Gasteiger partial charge >= 0.3 is 8.74 Å². The van der Waals surface area contributed by atoms with Crippen molar-refractivity contribution >= 4 is 8.74 Å². The second kappa shape index (κ2) is 5.97. The first-order valence-corrected chi connectivity index (χ1v) is 8.44. The lowest BCUT2D eigenvalue weighted by Gasteiger charge is -2.23. The minimum absolute atomic E-state index is 0.196. The Hall–Kier alpha value is 0.0769. The molecule has 0 spiro atoms. The van der Waals surface area contributed by atoms with Crippen LogP contribution in [0.5, 0.6) is 0 Å². The van der Waals surface area contributed by atoms with E-state index in [0.29, 0.717) is 5.92 Å². The molecule has 1 saturated carbocycles. The van der Waals surface area contributed by atoms with Gasteiger partial charge in [-0.3, -0.25) is 8.22 Å². The first kappa shape index (κ1) is 13.1. The molecule has 90 valence electrons. The second-order valence-corrected chi connectivity index (χ2v) is 8.22. The summed E-state index contributed by atoms with van der Waals surface area (Å²) < 4.78 is 28.0. The van der Waals surface area contributed by atoms with Crippen molar-refractivity contribution in [2.75, 3.05) is 0 Å². The molecule has 0 N–H and O–H groups in total. The Bertz CT molecular complexity index is 172. The SMILES string of the molecule is CC(C)CC[Si](F)(F)C1CCCCCC1. The third-order valence-corrected chi connectivity index (χ3v) is 6.23. The quantitative estimate of drug-likeness (QED) is 0.359. The molecule has 0 heterocycles. The predicted molar refractivity (Wildman–Crippen MR) is 63.7 cm³/mol. The summed E-state index contributed by atoms with van der Waals surface area (Å²) in [6.45, 7) is 4.08. The zero-order valence-corrected chi connectivity index (χ0v) is 11.1. The normalized spacial score (nSPS) is 20.6. The van der Waals surface area contributed by atoms with Crippen molar-refractivity contribution in [3.05, 3.63) is 0 Å². The van der Waals surface area contributed by atoms with Crippen molar-refractivity contribution in [3.8, 4) is 0 Å². The molecule has 0 aliphatic heterocycles. The Morgan fingerprint density at radius 1 is 1.07 bits per heavy atom. The van der Waals surface area contributed by atoms with Gasteiger partial charge in [-0.05, 0) is 31.2 Å². The average molecular weight is 234 g/mol. The van der Waals surface area contributed by atoms with E-state index in [1.54, 1.807) is 0 Å². The standard InChI is InChI=1S/C12H24F2Si/c1-11(2)9-10-15(13,14)12-7-5-3-4-6-8-12/h11-12H,3-10H2,1-2H3. The van der Waals surface area contributed by atoms with Gasteiger partial charge in [-0.2, -0.15) is 0 Å². The van der Waals surface area contributed by atoms with Crippen LogP contribution in [-0.4, -0.2) is 8.74 Å². The van der Waals surface area contributed by atoms with Crippen molar-refractivity contribution in [2.24, 2.45) is 5.92 Å². The highest BCUT2D eigenvalue weighted by atomic mass is 28.4. The molecular formula is C12H24F2Si. The molecule has 1 aliphatic carbocycles. The van der Waals surface area contributed by atoms with Crippen LogP contribution < -0.4 is 0 Å². The van der Waals surface area contributed by atoms with Gasteiger partial charge in [0.2, 0.25) is 0 Å². The fraction of sp³-hybridized carbons (Fsp3) is 1.00. The van der Waals surface area contributed by atoms with Gasteiger partial charge in [0.15, 0.2) is 0 Å². The Balaban J connectivity index is 2.42. The van der Waals surface area contributed by atoms with Gasteiger partial charge in [0, 0.05) is 5.54 Å². The fourth-order valence-corrected chi connectivity index (χ4v) is 5.01. The molecule has 0 radical (unpaired) electrons. The first-order valence-electron chi connectivity index (χ1n) is 6.40. The van der Waals surface area contributed by atoms with Gasteiger partial charge in [-0.15, -0.1) is 0 Å². The van der Waals surface area contributed by atoms with Crippen LogP contribution in [0.15, 0.2) is 0 Å². The molecule has 0 saturated heterocycles. The summed E-state index contributed by atoms with van der Waals surface area (Å²) in [6, 6.07) is 0.231. The monoisotopic (exact) mass is 234 g/mol. The topological polar surface area (TPSA) is 0 Å². The van der Waals surface area contributed by atoms with E-state index >= 15 is 0 Å². The van der Waals surface area contributed by atoms with Crippen LogP contribution in [0.3, 0.4) is 0 Å². The molecule has 0 atom stereocenters. The molecule has 0 aromatic carbocycles. The maximum atomic E-state index is 14.0. The summed E-state index contributed by atoms with van der Waals surface area (Å²) >= 11 is 0. The highest BCUT2D eigenvalue weighted by molar-refractivity contribution is 6.67. The van der Waals surface area contributed by atoms with E-state index in [2.05, 4.69) is 0 Å². The molecule has 0 bridgehead atoms. The highest BCUT2D eigenvalue weighted by Crippen LogP contribution is 2.40. The van der Waals surface area contributed by atoms with Gasteiger partial charge in [0.1, 0.15) is 0 Å². The molecule has 0 amide bonds. The minimum atomic E-state index is -3.90. The van der Waals surface area contributed by atoms with Crippen molar-refractivity contribution in [1.29, 1.82) is 0 Å². The summed E-state index contributed by atoms with van der Waals surface area (Å²) in [5.41, 5.74) is -0.196. The van der Waals surface area contributed by atoms with E-state index in [1.807, 2.05) is 13.8 Å². The molecule has 0 unspecified atom stereocenters. The number of halogens is 2. The number of hydrogen-bond acceptors (Lipinski definition) is 0. The van der Waals surface area contributed by atoms with E-state index in [9.17, 15) is 8.22 Å². The maximum Gasteiger partial charge on any atom is 0.427 e. The molecule has 3 heteroatoms. The Morgan fingerprint density at radius 3 is 2.07 bits per heavy atom. The van der Waals surface area contributed by atoms with Crippen molar-refractivity contribution < 1.29 is 8.22 Å². The summed E-state index contributed by atoms with van der Waals surface area (Å²) in [5.74, 6) is 0.425. The minimum Gasteiger partial charge on any atom is -0.270 e. The Labute approximate surface area is 93.8 Å². The number of rotatable bonds is 4. The zero-order valence-electron chi connectivity index (χ0n) is 10.1. The van der Waals surface area contributed by atoms with E-state index in [1.165, 1.54) is 12.8 Å². The van der Waals surface area contributed by atoms with Crippen LogP contribution in [-0.2, 0) is 0 Å². The molecule has 1 aliphatic rings. The van der Waals surface area contributed by atoms with Crippen LogP contribution in [0.25, 0.3) is 0 Å². The molecular weight excluding hydrogens is 210 g/mol. The average Bonchev–Trinajstić information content (AvgIpc) is 2.43. The van der Waals surface area contributed by atoms with Crippen molar-refractivity contribution in [1.82, 2.24) is 0 Å². The largest absolute Gasteiger partial charge is 0.427 e. The number of hydrogen-bond donors (Lipinski definition) is 0. The Morgan fingerprint density at radius 2 is 1.60 bits per heavy atom. The third kappa shape index (κ3) is 4.62. The van der Waals surface area contributed by atoms with Gasteiger partial charge in [-0.1, -0.05) is 39.5 Å². The predicted octanol–water partition coefficient (Wildman–Crippen LogP) is 5.14. The summed E-state index contributed by atoms with van der Waals surface area (Å²) in [4.78, 5) is 0. The fourth-order valence-electron chi connectivity index (χ4n) is 2.39. The maximum absolute atomic E-state index is 14.0. The van der Waals surface area contributed by atoms with Crippen molar-refractivity contribution in [3.63, 3.8) is 0 Å².